The standard InChI is InChI=1S/C19H22FN3O2/c1-25-19-21-11-16(12-22-19)18(24)23-10-2-3-15(13-23)5-4-14-6-8-17(20)9-7-14/h6-9,11-12,15H,2-5,10,13H2,1H3/t15-/m0/s1. The van der Waals surface area contributed by atoms with Gasteiger partial charge in [-0.05, 0) is 49.3 Å². The van der Waals surface area contributed by atoms with Crippen molar-refractivity contribution in [3.8, 4) is 6.01 Å². The zero-order valence-electron chi connectivity index (χ0n) is 14.3. The predicted molar refractivity (Wildman–Crippen MR) is 91.9 cm³/mol. The van der Waals surface area contributed by atoms with Crippen molar-refractivity contribution < 1.29 is 13.9 Å². The van der Waals surface area contributed by atoms with Gasteiger partial charge in [-0.25, -0.2) is 14.4 Å². The molecule has 0 unspecified atom stereocenters. The number of carbonyl (C=O) groups excluding carboxylic acids is 1. The normalized spacial score (nSPS) is 17.4. The number of halogens is 1. The van der Waals surface area contributed by atoms with Crippen LogP contribution >= 0.6 is 0 Å². The number of rotatable bonds is 5. The molecular weight excluding hydrogens is 321 g/mol. The van der Waals surface area contributed by atoms with E-state index in [1.54, 1.807) is 0 Å². The van der Waals surface area contributed by atoms with Crippen LogP contribution in [0.2, 0.25) is 0 Å². The number of hydrogen-bond donors (Lipinski definition) is 0. The Morgan fingerprint density at radius 2 is 2.00 bits per heavy atom. The first-order chi connectivity index (χ1) is 12.2. The number of nitrogens with zero attached hydrogens (tertiary/aromatic N) is 3. The summed E-state index contributed by atoms with van der Waals surface area (Å²) >= 11 is 0. The van der Waals surface area contributed by atoms with Gasteiger partial charge < -0.3 is 9.64 Å². The van der Waals surface area contributed by atoms with Crippen LogP contribution in [-0.2, 0) is 6.42 Å². The highest BCUT2D eigenvalue weighted by molar-refractivity contribution is 5.93. The second-order valence-corrected chi connectivity index (χ2v) is 6.38. The molecule has 1 atom stereocenters. The summed E-state index contributed by atoms with van der Waals surface area (Å²) in [4.78, 5) is 22.5. The molecule has 0 aliphatic carbocycles. The van der Waals surface area contributed by atoms with Crippen LogP contribution in [0.5, 0.6) is 6.01 Å². The molecule has 3 rings (SSSR count). The number of methoxy groups -OCH3 is 1. The van der Waals surface area contributed by atoms with Crippen LogP contribution < -0.4 is 4.74 Å². The maximum Gasteiger partial charge on any atom is 0.316 e. The van der Waals surface area contributed by atoms with Gasteiger partial charge in [-0.15, -0.1) is 0 Å². The van der Waals surface area contributed by atoms with Crippen LogP contribution in [0.3, 0.4) is 0 Å². The zero-order valence-corrected chi connectivity index (χ0v) is 14.3. The molecule has 1 aromatic carbocycles. The first kappa shape index (κ1) is 17.3. The van der Waals surface area contributed by atoms with Crippen LogP contribution in [0.25, 0.3) is 0 Å². The van der Waals surface area contributed by atoms with E-state index in [4.69, 9.17) is 4.74 Å². The zero-order chi connectivity index (χ0) is 17.6. The molecule has 0 saturated carbocycles. The minimum Gasteiger partial charge on any atom is -0.467 e. The Morgan fingerprint density at radius 1 is 1.28 bits per heavy atom. The number of amides is 1. The van der Waals surface area contributed by atoms with Gasteiger partial charge in [0, 0.05) is 25.5 Å². The topological polar surface area (TPSA) is 55.3 Å². The fourth-order valence-corrected chi connectivity index (χ4v) is 3.22. The fourth-order valence-electron chi connectivity index (χ4n) is 3.22. The second-order valence-electron chi connectivity index (χ2n) is 6.38. The molecule has 1 amide bonds. The van der Waals surface area contributed by atoms with Crippen molar-refractivity contribution in [1.82, 2.24) is 14.9 Å². The van der Waals surface area contributed by atoms with Gasteiger partial charge in [-0.1, -0.05) is 12.1 Å². The molecular formula is C19H22FN3O2. The van der Waals surface area contributed by atoms with E-state index in [9.17, 15) is 9.18 Å². The Hall–Kier alpha value is -2.50. The van der Waals surface area contributed by atoms with Crippen molar-refractivity contribution in [2.75, 3.05) is 20.2 Å². The molecule has 0 radical (unpaired) electrons. The summed E-state index contributed by atoms with van der Waals surface area (Å²) in [5.74, 6) is 0.218. The lowest BCUT2D eigenvalue weighted by Crippen LogP contribution is -2.40. The third kappa shape index (κ3) is 4.53. The average Bonchev–Trinajstić information content (AvgIpc) is 2.67. The van der Waals surface area contributed by atoms with Crippen molar-refractivity contribution in [3.63, 3.8) is 0 Å². The molecule has 1 fully saturated rings. The summed E-state index contributed by atoms with van der Waals surface area (Å²) in [5.41, 5.74) is 1.62. The van der Waals surface area contributed by atoms with Gasteiger partial charge in [-0.3, -0.25) is 4.79 Å². The third-order valence-corrected chi connectivity index (χ3v) is 4.62. The minimum absolute atomic E-state index is 0.0332. The highest BCUT2D eigenvalue weighted by atomic mass is 19.1. The number of aryl methyl sites for hydroxylation is 1. The molecule has 1 aliphatic heterocycles. The molecule has 0 N–H and O–H groups in total. The lowest BCUT2D eigenvalue weighted by Gasteiger charge is -2.32. The molecule has 1 aliphatic rings. The molecule has 0 bridgehead atoms. The highest BCUT2D eigenvalue weighted by Gasteiger charge is 2.24. The number of benzene rings is 1. The van der Waals surface area contributed by atoms with E-state index in [-0.39, 0.29) is 17.7 Å². The van der Waals surface area contributed by atoms with Gasteiger partial charge in [0.1, 0.15) is 5.82 Å². The van der Waals surface area contributed by atoms with E-state index in [1.165, 1.54) is 31.6 Å². The summed E-state index contributed by atoms with van der Waals surface area (Å²) < 4.78 is 17.9. The minimum atomic E-state index is -0.208. The highest BCUT2D eigenvalue weighted by Crippen LogP contribution is 2.23. The van der Waals surface area contributed by atoms with Crippen molar-refractivity contribution in [3.05, 3.63) is 53.6 Å². The van der Waals surface area contributed by atoms with Crippen molar-refractivity contribution in [1.29, 1.82) is 0 Å². The van der Waals surface area contributed by atoms with Crippen LogP contribution in [0, 0.1) is 11.7 Å². The van der Waals surface area contributed by atoms with Gasteiger partial charge in [0.25, 0.3) is 5.91 Å². The van der Waals surface area contributed by atoms with Gasteiger partial charge in [0.15, 0.2) is 0 Å². The lowest BCUT2D eigenvalue weighted by molar-refractivity contribution is 0.0667. The van der Waals surface area contributed by atoms with Gasteiger partial charge in [0.05, 0.1) is 12.7 Å². The van der Waals surface area contributed by atoms with Crippen molar-refractivity contribution in [2.24, 2.45) is 5.92 Å². The fraction of sp³-hybridized carbons (Fsp3) is 0.421. The van der Waals surface area contributed by atoms with E-state index >= 15 is 0 Å². The molecule has 5 nitrogen and oxygen atoms in total. The number of aromatic nitrogens is 2. The summed E-state index contributed by atoms with van der Waals surface area (Å²) in [5, 5.41) is 0. The monoisotopic (exact) mass is 343 g/mol. The Labute approximate surface area is 146 Å². The van der Waals surface area contributed by atoms with E-state index in [0.29, 0.717) is 11.5 Å². The first-order valence-corrected chi connectivity index (χ1v) is 8.55. The largest absolute Gasteiger partial charge is 0.467 e. The van der Waals surface area contributed by atoms with Crippen LogP contribution in [-0.4, -0.2) is 41.0 Å². The summed E-state index contributed by atoms with van der Waals surface area (Å²) in [6.07, 6.45) is 7.03. The number of piperidine rings is 1. The summed E-state index contributed by atoms with van der Waals surface area (Å²) in [7, 11) is 1.49. The van der Waals surface area contributed by atoms with E-state index in [2.05, 4.69) is 9.97 Å². The SMILES string of the molecule is COc1ncc(C(=O)N2CCC[C@@H](CCc3ccc(F)cc3)C2)cn1. The van der Waals surface area contributed by atoms with E-state index in [1.807, 2.05) is 17.0 Å². The molecule has 1 saturated heterocycles. The molecule has 2 aromatic rings. The summed E-state index contributed by atoms with van der Waals surface area (Å²) in [6.45, 7) is 1.50. The first-order valence-electron chi connectivity index (χ1n) is 8.55. The van der Waals surface area contributed by atoms with Crippen LogP contribution in [0.1, 0.15) is 35.2 Å². The molecule has 2 heterocycles. The number of carbonyl (C=O) groups is 1. The number of ether oxygens (including phenoxy) is 1. The Morgan fingerprint density at radius 3 is 2.68 bits per heavy atom. The Bertz CT molecular complexity index is 704. The molecule has 25 heavy (non-hydrogen) atoms. The molecule has 0 spiro atoms. The van der Waals surface area contributed by atoms with Gasteiger partial charge in [-0.2, -0.15) is 0 Å². The molecule has 6 heteroatoms. The smallest absolute Gasteiger partial charge is 0.316 e. The maximum absolute atomic E-state index is 13.0. The van der Waals surface area contributed by atoms with Gasteiger partial charge in [0.2, 0.25) is 0 Å². The quantitative estimate of drug-likeness (QED) is 0.837. The predicted octanol–water partition coefficient (Wildman–Crippen LogP) is 3.11. The maximum atomic E-state index is 13.0. The van der Waals surface area contributed by atoms with E-state index in [0.717, 1.165) is 44.3 Å². The Kier molecular flexibility index (Phi) is 5.58. The summed E-state index contributed by atoms with van der Waals surface area (Å²) in [6, 6.07) is 6.91. The Balaban J connectivity index is 1.56. The number of likely N-dealkylation sites (tertiary alicyclic amines) is 1. The van der Waals surface area contributed by atoms with Crippen molar-refractivity contribution in [2.45, 2.75) is 25.7 Å². The van der Waals surface area contributed by atoms with E-state index < -0.39 is 0 Å². The van der Waals surface area contributed by atoms with Crippen molar-refractivity contribution >= 4 is 5.91 Å². The lowest BCUT2D eigenvalue weighted by atomic mass is 9.91. The molecule has 132 valence electrons. The second kappa shape index (κ2) is 8.05. The van der Waals surface area contributed by atoms with Crippen LogP contribution in [0.15, 0.2) is 36.7 Å². The third-order valence-electron chi connectivity index (χ3n) is 4.62. The van der Waals surface area contributed by atoms with Gasteiger partial charge >= 0.3 is 6.01 Å². The number of hydrogen-bond acceptors (Lipinski definition) is 4. The molecule has 1 aromatic heterocycles. The van der Waals surface area contributed by atoms with Crippen LogP contribution in [0.4, 0.5) is 4.39 Å². The average molecular weight is 343 g/mol.